The predicted molar refractivity (Wildman–Crippen MR) is 110 cm³/mol. The number of aliphatic imine (C=N–C) groups is 1. The van der Waals surface area contributed by atoms with Gasteiger partial charge in [-0.3, -0.25) is 4.79 Å². The van der Waals surface area contributed by atoms with E-state index in [1.807, 2.05) is 35.2 Å². The van der Waals surface area contributed by atoms with E-state index in [2.05, 4.69) is 4.99 Å². The van der Waals surface area contributed by atoms with Crippen LogP contribution < -0.4 is 4.90 Å². The van der Waals surface area contributed by atoms with Gasteiger partial charge in [-0.2, -0.15) is 4.99 Å². The third-order valence-electron chi connectivity index (χ3n) is 4.59. The quantitative estimate of drug-likeness (QED) is 0.762. The number of carbonyl (C=O) groups is 1. The summed E-state index contributed by atoms with van der Waals surface area (Å²) in [5.74, 6) is -0.0522. The lowest BCUT2D eigenvalue weighted by Gasteiger charge is -2.24. The summed E-state index contributed by atoms with van der Waals surface area (Å²) >= 11 is 7.26. The van der Waals surface area contributed by atoms with Gasteiger partial charge in [0.2, 0.25) is 0 Å². The minimum Gasteiger partial charge on any atom is -0.316 e. The zero-order chi connectivity index (χ0) is 19.0. The summed E-state index contributed by atoms with van der Waals surface area (Å²) in [6.45, 7) is 0. The van der Waals surface area contributed by atoms with Crippen LogP contribution in [0, 0.1) is 0 Å². The maximum Gasteiger partial charge on any atom is 0.252 e. The second kappa shape index (κ2) is 7.30. The van der Waals surface area contributed by atoms with Crippen LogP contribution in [0.25, 0.3) is 0 Å². The molecule has 140 valence electrons. The van der Waals surface area contributed by atoms with Crippen LogP contribution in [0.2, 0.25) is 5.02 Å². The van der Waals surface area contributed by atoms with Crippen molar-refractivity contribution in [3.05, 3.63) is 65.2 Å². The van der Waals surface area contributed by atoms with Gasteiger partial charge in [-0.25, -0.2) is 8.42 Å². The van der Waals surface area contributed by atoms with Gasteiger partial charge >= 0.3 is 0 Å². The smallest absolute Gasteiger partial charge is 0.252 e. The third kappa shape index (κ3) is 4.05. The average molecular weight is 421 g/mol. The molecule has 0 radical (unpaired) electrons. The number of amides is 1. The van der Waals surface area contributed by atoms with Crippen molar-refractivity contribution in [2.75, 3.05) is 16.4 Å². The molecule has 4 rings (SSSR count). The number of thioether (sulfide) groups is 1. The molecule has 0 spiro atoms. The Morgan fingerprint density at radius 3 is 2.52 bits per heavy atom. The van der Waals surface area contributed by atoms with Gasteiger partial charge in [-0.15, -0.1) is 0 Å². The highest BCUT2D eigenvalue weighted by atomic mass is 35.5. The molecule has 27 heavy (non-hydrogen) atoms. The molecule has 0 aromatic heterocycles. The summed E-state index contributed by atoms with van der Waals surface area (Å²) < 4.78 is 24.1. The number of hydrogen-bond donors (Lipinski definition) is 0. The molecule has 2 saturated heterocycles. The fourth-order valence-corrected chi connectivity index (χ4v) is 7.44. The first-order valence-electron chi connectivity index (χ1n) is 8.49. The maximum absolute atomic E-state index is 12.5. The van der Waals surface area contributed by atoms with Crippen molar-refractivity contribution >= 4 is 50.0 Å². The number of para-hydroxylation sites is 1. The van der Waals surface area contributed by atoms with E-state index in [4.69, 9.17) is 11.6 Å². The van der Waals surface area contributed by atoms with Crippen LogP contribution in [-0.2, 0) is 21.1 Å². The van der Waals surface area contributed by atoms with Crippen LogP contribution in [0.4, 0.5) is 5.69 Å². The lowest BCUT2D eigenvalue weighted by molar-refractivity contribution is -0.117. The van der Waals surface area contributed by atoms with E-state index in [1.165, 1.54) is 11.8 Å². The molecule has 2 atom stereocenters. The van der Waals surface area contributed by atoms with Crippen molar-refractivity contribution in [3.8, 4) is 0 Å². The Kier molecular flexibility index (Phi) is 5.01. The largest absolute Gasteiger partial charge is 0.316 e. The molecule has 0 N–H and O–H groups in total. The van der Waals surface area contributed by atoms with E-state index < -0.39 is 9.84 Å². The average Bonchev–Trinajstić information content (AvgIpc) is 3.08. The summed E-state index contributed by atoms with van der Waals surface area (Å²) in [5.41, 5.74) is 1.69. The Morgan fingerprint density at radius 2 is 1.81 bits per heavy atom. The van der Waals surface area contributed by atoms with Gasteiger partial charge in [-0.1, -0.05) is 53.7 Å². The molecule has 2 aromatic rings. The number of sulfone groups is 1. The molecule has 2 aliphatic heterocycles. The molecule has 2 heterocycles. The van der Waals surface area contributed by atoms with E-state index in [1.54, 1.807) is 24.3 Å². The standard InChI is InChI=1S/C19H17ClN2O3S2/c20-14-8-6-13(7-9-14)10-18(23)21-19-22(15-4-2-1-3-5-15)16-11-27(24,25)12-17(16)26-19/h1-9,16-17H,10-12H2/t16-,17-/m1/s1. The van der Waals surface area contributed by atoms with Crippen molar-refractivity contribution in [3.63, 3.8) is 0 Å². The molecule has 0 bridgehead atoms. The first kappa shape index (κ1) is 18.5. The number of amidine groups is 1. The van der Waals surface area contributed by atoms with Crippen molar-refractivity contribution in [2.24, 2.45) is 4.99 Å². The monoisotopic (exact) mass is 420 g/mol. The molecule has 0 aliphatic carbocycles. The highest BCUT2D eigenvalue weighted by Crippen LogP contribution is 2.40. The molecular formula is C19H17ClN2O3S2. The highest BCUT2D eigenvalue weighted by Gasteiger charge is 2.49. The van der Waals surface area contributed by atoms with E-state index in [0.717, 1.165) is 11.3 Å². The second-order valence-corrected chi connectivity index (χ2v) is 10.4. The molecule has 0 unspecified atom stereocenters. The summed E-state index contributed by atoms with van der Waals surface area (Å²) in [6.07, 6.45) is 0.178. The summed E-state index contributed by atoms with van der Waals surface area (Å²) in [7, 11) is -3.07. The van der Waals surface area contributed by atoms with Crippen molar-refractivity contribution in [2.45, 2.75) is 17.7 Å². The number of fused-ring (bicyclic) bond motifs is 1. The maximum atomic E-state index is 12.5. The summed E-state index contributed by atoms with van der Waals surface area (Å²) in [6, 6.07) is 16.4. The summed E-state index contributed by atoms with van der Waals surface area (Å²) in [4.78, 5) is 18.7. The highest BCUT2D eigenvalue weighted by molar-refractivity contribution is 8.16. The van der Waals surface area contributed by atoms with Gasteiger partial charge in [0.1, 0.15) is 0 Å². The Labute approximate surface area is 167 Å². The van der Waals surface area contributed by atoms with Crippen LogP contribution in [0.15, 0.2) is 59.6 Å². The molecule has 8 heteroatoms. The van der Waals surface area contributed by atoms with Gasteiger partial charge in [-0.05, 0) is 29.8 Å². The van der Waals surface area contributed by atoms with Gasteiger partial charge in [0.15, 0.2) is 15.0 Å². The van der Waals surface area contributed by atoms with Gasteiger partial charge in [0, 0.05) is 16.0 Å². The van der Waals surface area contributed by atoms with Crippen molar-refractivity contribution < 1.29 is 13.2 Å². The molecule has 2 aromatic carbocycles. The first-order valence-corrected chi connectivity index (χ1v) is 11.6. The lowest BCUT2D eigenvalue weighted by atomic mass is 10.1. The Bertz CT molecular complexity index is 991. The van der Waals surface area contributed by atoms with Crippen LogP contribution >= 0.6 is 23.4 Å². The number of carbonyl (C=O) groups excluding carboxylic acids is 1. The van der Waals surface area contributed by atoms with E-state index in [9.17, 15) is 13.2 Å². The van der Waals surface area contributed by atoms with Crippen LogP contribution in [0.1, 0.15) is 5.56 Å². The van der Waals surface area contributed by atoms with Gasteiger partial charge < -0.3 is 4.90 Å². The van der Waals surface area contributed by atoms with Crippen molar-refractivity contribution in [1.29, 1.82) is 0 Å². The van der Waals surface area contributed by atoms with E-state index >= 15 is 0 Å². The Hall–Kier alpha value is -1.83. The molecule has 5 nitrogen and oxygen atoms in total. The normalized spacial score (nSPS) is 24.9. The number of nitrogens with zero attached hydrogens (tertiary/aromatic N) is 2. The van der Waals surface area contributed by atoms with Gasteiger partial charge in [0.05, 0.1) is 24.0 Å². The topological polar surface area (TPSA) is 66.8 Å². The fraction of sp³-hybridized carbons (Fsp3) is 0.263. The van der Waals surface area contributed by atoms with Crippen LogP contribution in [-0.4, -0.2) is 42.3 Å². The number of hydrogen-bond acceptors (Lipinski definition) is 4. The summed E-state index contributed by atoms with van der Waals surface area (Å²) in [5, 5.41) is 1.09. The van der Waals surface area contributed by atoms with Crippen LogP contribution in [0.5, 0.6) is 0 Å². The molecule has 0 saturated carbocycles. The zero-order valence-corrected chi connectivity index (χ0v) is 16.7. The molecule has 1 amide bonds. The number of halogens is 1. The molecule has 2 aliphatic rings. The minimum absolute atomic E-state index is 0.0873. The lowest BCUT2D eigenvalue weighted by Crippen LogP contribution is -2.37. The molecule has 2 fully saturated rings. The fourth-order valence-electron chi connectivity index (χ4n) is 3.38. The Morgan fingerprint density at radius 1 is 1.11 bits per heavy atom. The number of rotatable bonds is 3. The van der Waals surface area contributed by atoms with Crippen molar-refractivity contribution in [1.82, 2.24) is 0 Å². The van der Waals surface area contributed by atoms with Gasteiger partial charge in [0.25, 0.3) is 5.91 Å². The van der Waals surface area contributed by atoms with Crippen LogP contribution in [0.3, 0.4) is 0 Å². The predicted octanol–water partition coefficient (Wildman–Crippen LogP) is 3.18. The number of anilines is 1. The SMILES string of the molecule is O=C(Cc1ccc(Cl)cc1)N=C1S[C@@H]2CS(=O)(=O)C[C@H]2N1c1ccccc1. The zero-order valence-electron chi connectivity index (χ0n) is 14.3. The first-order chi connectivity index (χ1) is 12.9. The molecular weight excluding hydrogens is 404 g/mol. The Balaban J connectivity index is 1.61. The number of benzene rings is 2. The minimum atomic E-state index is -3.07. The third-order valence-corrected chi connectivity index (χ3v) is 8.05. The van der Waals surface area contributed by atoms with E-state index in [0.29, 0.717) is 10.2 Å². The second-order valence-electron chi connectivity index (χ2n) is 6.60. The van der Waals surface area contributed by atoms with E-state index in [-0.39, 0.29) is 35.1 Å².